The highest BCUT2D eigenvalue weighted by Gasteiger charge is 2.18. The number of ether oxygens (including phenoxy) is 1. The van der Waals surface area contributed by atoms with E-state index in [2.05, 4.69) is 9.72 Å². The van der Waals surface area contributed by atoms with Crippen LogP contribution in [-0.4, -0.2) is 23.2 Å². The van der Waals surface area contributed by atoms with Gasteiger partial charge in [-0.05, 0) is 17.7 Å². The molecule has 0 aliphatic heterocycles. The first kappa shape index (κ1) is 11.2. The summed E-state index contributed by atoms with van der Waals surface area (Å²) >= 11 is 11.2. The number of aliphatic hydroxyl groups is 1. The topological polar surface area (TPSA) is 59.4 Å². The van der Waals surface area contributed by atoms with E-state index in [0.29, 0.717) is 0 Å². The maximum Gasteiger partial charge on any atom is 0.339 e. The summed E-state index contributed by atoms with van der Waals surface area (Å²) in [5.41, 5.74) is 0.252. The summed E-state index contributed by atoms with van der Waals surface area (Å²) in [5.74, 6) is -0.775. The van der Waals surface area contributed by atoms with Gasteiger partial charge in [0.2, 0.25) is 0 Å². The molecule has 1 aromatic heterocycles. The first-order chi connectivity index (χ1) is 6.54. The van der Waals surface area contributed by atoms with Gasteiger partial charge < -0.3 is 9.84 Å². The van der Waals surface area contributed by atoms with Gasteiger partial charge in [0.05, 0.1) is 7.11 Å². The molecule has 0 aromatic carbocycles. The maximum absolute atomic E-state index is 11.0. The van der Waals surface area contributed by atoms with Gasteiger partial charge in [0, 0.05) is 0 Å². The van der Waals surface area contributed by atoms with Crippen LogP contribution < -0.4 is 0 Å². The van der Waals surface area contributed by atoms with Crippen molar-refractivity contribution in [3.8, 4) is 0 Å². The third-order valence-electron chi connectivity index (χ3n) is 1.53. The minimum Gasteiger partial charge on any atom is -0.467 e. The molecule has 0 spiro atoms. The van der Waals surface area contributed by atoms with Crippen LogP contribution >= 0.6 is 23.2 Å². The van der Waals surface area contributed by atoms with Crippen LogP contribution in [0.15, 0.2) is 12.1 Å². The summed E-state index contributed by atoms with van der Waals surface area (Å²) in [6.45, 7) is 0. The molecule has 76 valence electrons. The minimum atomic E-state index is -1.39. The zero-order chi connectivity index (χ0) is 10.7. The summed E-state index contributed by atoms with van der Waals surface area (Å²) in [5, 5.41) is 9.63. The fraction of sp³-hybridized carbons (Fsp3) is 0.250. The molecular formula is C8H7Cl2NO3. The zero-order valence-corrected chi connectivity index (χ0v) is 8.71. The molecule has 1 atom stereocenters. The SMILES string of the molecule is COC(=O)C(O)c1cc(Cl)nc(Cl)c1. The summed E-state index contributed by atoms with van der Waals surface area (Å²) < 4.78 is 4.35. The Morgan fingerprint density at radius 3 is 2.43 bits per heavy atom. The summed E-state index contributed by atoms with van der Waals surface area (Å²) in [6.07, 6.45) is -1.39. The van der Waals surface area contributed by atoms with E-state index in [1.54, 1.807) is 0 Å². The summed E-state index contributed by atoms with van der Waals surface area (Å²) in [6, 6.07) is 2.68. The van der Waals surface area contributed by atoms with Crippen molar-refractivity contribution >= 4 is 29.2 Å². The number of aromatic nitrogens is 1. The normalized spacial score (nSPS) is 12.3. The Morgan fingerprint density at radius 1 is 1.50 bits per heavy atom. The molecule has 0 aliphatic rings. The number of aliphatic hydroxyl groups excluding tert-OH is 1. The lowest BCUT2D eigenvalue weighted by atomic mass is 10.1. The lowest BCUT2D eigenvalue weighted by Gasteiger charge is -2.08. The van der Waals surface area contributed by atoms with E-state index >= 15 is 0 Å². The van der Waals surface area contributed by atoms with Gasteiger partial charge in [-0.3, -0.25) is 0 Å². The standard InChI is InChI=1S/C8H7Cl2NO3/c1-14-8(13)7(12)4-2-5(9)11-6(10)3-4/h2-3,7,12H,1H3. The van der Waals surface area contributed by atoms with Gasteiger partial charge in [0.25, 0.3) is 0 Å². The van der Waals surface area contributed by atoms with E-state index in [9.17, 15) is 9.90 Å². The fourth-order valence-corrected chi connectivity index (χ4v) is 1.37. The lowest BCUT2D eigenvalue weighted by molar-refractivity contribution is -0.150. The molecule has 4 nitrogen and oxygen atoms in total. The van der Waals surface area contributed by atoms with Crippen molar-refractivity contribution in [2.24, 2.45) is 0 Å². The lowest BCUT2D eigenvalue weighted by Crippen LogP contribution is -2.13. The van der Waals surface area contributed by atoms with Gasteiger partial charge >= 0.3 is 5.97 Å². The van der Waals surface area contributed by atoms with Gasteiger partial charge in [-0.25, -0.2) is 9.78 Å². The first-order valence-electron chi connectivity index (χ1n) is 3.63. The average Bonchev–Trinajstić information content (AvgIpc) is 2.14. The molecule has 1 N–H and O–H groups in total. The molecule has 0 fully saturated rings. The molecule has 0 amide bonds. The molecule has 0 aliphatic carbocycles. The molecule has 6 heteroatoms. The van der Waals surface area contributed by atoms with Crippen molar-refractivity contribution in [3.63, 3.8) is 0 Å². The third kappa shape index (κ3) is 2.57. The number of nitrogens with zero attached hydrogens (tertiary/aromatic N) is 1. The number of pyridine rings is 1. The second-order valence-corrected chi connectivity index (χ2v) is 3.25. The number of rotatable bonds is 2. The molecule has 14 heavy (non-hydrogen) atoms. The molecule has 1 unspecified atom stereocenters. The smallest absolute Gasteiger partial charge is 0.339 e. The number of methoxy groups -OCH3 is 1. The Labute approximate surface area is 90.4 Å². The Kier molecular flexibility index (Phi) is 3.69. The maximum atomic E-state index is 11.0. The van der Waals surface area contributed by atoms with Gasteiger partial charge in [-0.2, -0.15) is 0 Å². The van der Waals surface area contributed by atoms with Crippen molar-refractivity contribution in [2.45, 2.75) is 6.10 Å². The molecular weight excluding hydrogens is 229 g/mol. The molecule has 0 saturated carbocycles. The van der Waals surface area contributed by atoms with Gasteiger partial charge in [0.1, 0.15) is 10.3 Å². The largest absolute Gasteiger partial charge is 0.467 e. The van der Waals surface area contributed by atoms with E-state index in [-0.39, 0.29) is 15.9 Å². The van der Waals surface area contributed by atoms with Crippen molar-refractivity contribution in [1.29, 1.82) is 0 Å². The highest BCUT2D eigenvalue weighted by Crippen LogP contribution is 2.21. The molecule has 1 rings (SSSR count). The summed E-state index contributed by atoms with van der Waals surface area (Å²) in [7, 11) is 1.18. The predicted molar refractivity (Wildman–Crippen MR) is 51.2 cm³/mol. The van der Waals surface area contributed by atoms with E-state index < -0.39 is 12.1 Å². The van der Waals surface area contributed by atoms with Crippen LogP contribution in [-0.2, 0) is 9.53 Å². The molecule has 1 heterocycles. The number of hydrogen-bond acceptors (Lipinski definition) is 4. The average molecular weight is 236 g/mol. The second-order valence-electron chi connectivity index (χ2n) is 2.47. The van der Waals surface area contributed by atoms with Crippen LogP contribution in [0.5, 0.6) is 0 Å². The number of halogens is 2. The molecule has 0 saturated heterocycles. The number of carbonyl (C=O) groups is 1. The minimum absolute atomic E-state index is 0.107. The van der Waals surface area contributed by atoms with Crippen LogP contribution in [0.25, 0.3) is 0 Å². The number of hydrogen-bond donors (Lipinski definition) is 1. The highest BCUT2D eigenvalue weighted by molar-refractivity contribution is 6.32. The summed E-state index contributed by atoms with van der Waals surface area (Å²) in [4.78, 5) is 14.6. The Balaban J connectivity index is 3.00. The fourth-order valence-electron chi connectivity index (χ4n) is 0.889. The Morgan fingerprint density at radius 2 is 2.00 bits per heavy atom. The van der Waals surface area contributed by atoms with Crippen molar-refractivity contribution < 1.29 is 14.6 Å². The van der Waals surface area contributed by atoms with Crippen molar-refractivity contribution in [3.05, 3.63) is 28.0 Å². The molecule has 0 bridgehead atoms. The second kappa shape index (κ2) is 4.59. The van der Waals surface area contributed by atoms with Crippen LogP contribution in [0.2, 0.25) is 10.3 Å². The van der Waals surface area contributed by atoms with Gasteiger partial charge in [0.15, 0.2) is 6.10 Å². The zero-order valence-electron chi connectivity index (χ0n) is 7.20. The number of carbonyl (C=O) groups excluding carboxylic acids is 1. The van der Waals surface area contributed by atoms with Crippen LogP contribution in [0.4, 0.5) is 0 Å². The van der Waals surface area contributed by atoms with Crippen molar-refractivity contribution in [1.82, 2.24) is 4.98 Å². The van der Waals surface area contributed by atoms with Crippen molar-refractivity contribution in [2.75, 3.05) is 7.11 Å². The Bertz CT molecular complexity index is 336. The first-order valence-corrected chi connectivity index (χ1v) is 4.39. The monoisotopic (exact) mass is 235 g/mol. The van der Waals surface area contributed by atoms with Crippen LogP contribution in [0.1, 0.15) is 11.7 Å². The van der Waals surface area contributed by atoms with Crippen LogP contribution in [0.3, 0.4) is 0 Å². The van der Waals surface area contributed by atoms with E-state index in [0.717, 1.165) is 0 Å². The Hall–Kier alpha value is -0.840. The van der Waals surface area contributed by atoms with E-state index in [4.69, 9.17) is 23.2 Å². The third-order valence-corrected chi connectivity index (χ3v) is 1.91. The van der Waals surface area contributed by atoms with Gasteiger partial charge in [-0.1, -0.05) is 23.2 Å². The quantitative estimate of drug-likeness (QED) is 0.625. The highest BCUT2D eigenvalue weighted by atomic mass is 35.5. The molecule has 0 radical (unpaired) electrons. The van der Waals surface area contributed by atoms with E-state index in [1.165, 1.54) is 19.2 Å². The molecule has 1 aromatic rings. The van der Waals surface area contributed by atoms with E-state index in [1.807, 2.05) is 0 Å². The predicted octanol–water partition coefficient (Wildman–Crippen LogP) is 1.59. The van der Waals surface area contributed by atoms with Crippen LogP contribution in [0, 0.1) is 0 Å². The van der Waals surface area contributed by atoms with Gasteiger partial charge in [-0.15, -0.1) is 0 Å². The number of esters is 1.